The third-order valence-electron chi connectivity index (χ3n) is 4.91. The minimum absolute atomic E-state index is 0.0727. The van der Waals surface area contributed by atoms with E-state index >= 15 is 0 Å². The summed E-state index contributed by atoms with van der Waals surface area (Å²) in [7, 11) is 0. The summed E-state index contributed by atoms with van der Waals surface area (Å²) in [5, 5.41) is 2.76. The van der Waals surface area contributed by atoms with Gasteiger partial charge in [-0.15, -0.1) is 0 Å². The van der Waals surface area contributed by atoms with Crippen molar-refractivity contribution in [2.45, 2.75) is 19.1 Å². The Labute approximate surface area is 166 Å². The van der Waals surface area contributed by atoms with Gasteiger partial charge in [-0.25, -0.2) is 0 Å². The first-order chi connectivity index (χ1) is 13.9. The van der Waals surface area contributed by atoms with Crippen molar-refractivity contribution in [2.24, 2.45) is 0 Å². The molecule has 0 saturated carbocycles. The van der Waals surface area contributed by atoms with E-state index < -0.39 is 11.7 Å². The number of aromatic nitrogens is 1. The number of halogens is 3. The van der Waals surface area contributed by atoms with Gasteiger partial charge in [-0.1, -0.05) is 36.4 Å². The fourth-order valence-corrected chi connectivity index (χ4v) is 3.45. The van der Waals surface area contributed by atoms with Gasteiger partial charge in [0.15, 0.2) is 0 Å². The van der Waals surface area contributed by atoms with E-state index in [2.05, 4.69) is 16.4 Å². The Morgan fingerprint density at radius 3 is 2.52 bits per heavy atom. The van der Waals surface area contributed by atoms with Gasteiger partial charge >= 0.3 is 6.18 Å². The van der Waals surface area contributed by atoms with E-state index in [1.807, 2.05) is 18.2 Å². The maximum Gasteiger partial charge on any atom is 0.418 e. The van der Waals surface area contributed by atoms with Crippen LogP contribution in [0.5, 0.6) is 0 Å². The second-order valence-electron chi connectivity index (χ2n) is 6.84. The second kappa shape index (κ2) is 7.58. The molecule has 1 N–H and O–H groups in total. The lowest BCUT2D eigenvalue weighted by Crippen LogP contribution is -2.36. The molecular weight excluding hydrogens is 379 g/mol. The lowest BCUT2D eigenvalue weighted by atomic mass is 10.00. The number of carbonyl (C=O) groups excluding carboxylic acids is 1. The standard InChI is InChI=1S/C22H18F3N3O/c23-22(24,25)18-7-3-4-8-19(18)27-17-9-11-26-20(13-17)21(29)28-12-10-15-5-1-2-6-16(15)14-28/h1-9,11,13H,10,12,14H2,(H,26,27). The van der Waals surface area contributed by atoms with Crippen LogP contribution in [-0.4, -0.2) is 22.3 Å². The minimum atomic E-state index is -4.48. The zero-order chi connectivity index (χ0) is 20.4. The number of anilines is 2. The average Bonchev–Trinajstić information content (AvgIpc) is 2.73. The lowest BCUT2D eigenvalue weighted by molar-refractivity contribution is -0.136. The highest BCUT2D eigenvalue weighted by molar-refractivity contribution is 5.93. The van der Waals surface area contributed by atoms with Gasteiger partial charge in [0.05, 0.1) is 11.3 Å². The highest BCUT2D eigenvalue weighted by Gasteiger charge is 2.33. The van der Waals surface area contributed by atoms with Gasteiger partial charge < -0.3 is 10.2 Å². The number of alkyl halides is 3. The zero-order valence-corrected chi connectivity index (χ0v) is 15.4. The van der Waals surface area contributed by atoms with Crippen LogP contribution in [0.3, 0.4) is 0 Å². The molecule has 0 saturated heterocycles. The highest BCUT2D eigenvalue weighted by atomic mass is 19.4. The molecule has 1 aliphatic heterocycles. The molecule has 0 aliphatic carbocycles. The van der Waals surface area contributed by atoms with Crippen molar-refractivity contribution in [3.63, 3.8) is 0 Å². The summed E-state index contributed by atoms with van der Waals surface area (Å²) in [4.78, 5) is 18.7. The van der Waals surface area contributed by atoms with Gasteiger partial charge in [0.2, 0.25) is 0 Å². The average molecular weight is 397 g/mol. The molecule has 4 rings (SSSR count). The molecule has 1 aliphatic rings. The first kappa shape index (κ1) is 19.0. The highest BCUT2D eigenvalue weighted by Crippen LogP contribution is 2.35. The van der Waals surface area contributed by atoms with Crippen LogP contribution in [-0.2, 0) is 19.1 Å². The molecule has 0 spiro atoms. The van der Waals surface area contributed by atoms with E-state index in [4.69, 9.17) is 0 Å². The van der Waals surface area contributed by atoms with E-state index in [-0.39, 0.29) is 17.3 Å². The topological polar surface area (TPSA) is 45.2 Å². The van der Waals surface area contributed by atoms with Crippen molar-refractivity contribution < 1.29 is 18.0 Å². The van der Waals surface area contributed by atoms with Gasteiger partial charge in [0.25, 0.3) is 5.91 Å². The molecule has 2 heterocycles. The molecule has 148 valence electrons. The molecule has 1 amide bonds. The number of amides is 1. The predicted molar refractivity (Wildman–Crippen MR) is 104 cm³/mol. The van der Waals surface area contributed by atoms with Crippen molar-refractivity contribution in [3.05, 3.63) is 89.2 Å². The summed E-state index contributed by atoms with van der Waals surface area (Å²) in [5.41, 5.74) is 2.05. The first-order valence-corrected chi connectivity index (χ1v) is 9.17. The van der Waals surface area contributed by atoms with Crippen molar-refractivity contribution in [2.75, 3.05) is 11.9 Å². The summed E-state index contributed by atoms with van der Waals surface area (Å²) in [6.07, 6.45) is -2.29. The summed E-state index contributed by atoms with van der Waals surface area (Å²) < 4.78 is 39.6. The number of carbonyl (C=O) groups is 1. The number of fused-ring (bicyclic) bond motifs is 1. The SMILES string of the molecule is O=C(c1cc(Nc2ccccc2C(F)(F)F)ccn1)N1CCc2ccccc2C1. The molecule has 0 atom stereocenters. The Hall–Kier alpha value is -3.35. The lowest BCUT2D eigenvalue weighted by Gasteiger charge is -2.28. The monoisotopic (exact) mass is 397 g/mol. The maximum absolute atomic E-state index is 13.2. The summed E-state index contributed by atoms with van der Waals surface area (Å²) in [5.74, 6) is -0.243. The largest absolute Gasteiger partial charge is 0.418 e. The molecule has 2 aromatic carbocycles. The van der Waals surface area contributed by atoms with Crippen molar-refractivity contribution >= 4 is 17.3 Å². The van der Waals surface area contributed by atoms with Crippen LogP contribution in [0.15, 0.2) is 66.9 Å². The summed E-state index contributed by atoms with van der Waals surface area (Å²) >= 11 is 0. The maximum atomic E-state index is 13.2. The molecule has 1 aromatic heterocycles. The van der Waals surface area contributed by atoms with Crippen molar-refractivity contribution in [3.8, 4) is 0 Å². The van der Waals surface area contributed by atoms with E-state index in [0.29, 0.717) is 18.8 Å². The van der Waals surface area contributed by atoms with Gasteiger partial charge in [0.1, 0.15) is 5.69 Å². The van der Waals surface area contributed by atoms with E-state index in [1.165, 1.54) is 42.1 Å². The number of benzene rings is 2. The van der Waals surface area contributed by atoms with Crippen LogP contribution in [0.25, 0.3) is 0 Å². The molecule has 0 unspecified atom stereocenters. The Morgan fingerprint density at radius 1 is 1.00 bits per heavy atom. The number of nitrogens with zero attached hydrogens (tertiary/aromatic N) is 2. The third kappa shape index (κ3) is 4.08. The molecule has 0 bridgehead atoms. The fraction of sp³-hybridized carbons (Fsp3) is 0.182. The Bertz CT molecular complexity index is 1050. The van der Waals surface area contributed by atoms with Crippen molar-refractivity contribution in [1.82, 2.24) is 9.88 Å². The third-order valence-corrected chi connectivity index (χ3v) is 4.91. The van der Waals surface area contributed by atoms with Gasteiger partial charge in [-0.3, -0.25) is 9.78 Å². The van der Waals surface area contributed by atoms with Crippen LogP contribution < -0.4 is 5.32 Å². The first-order valence-electron chi connectivity index (χ1n) is 9.17. The van der Waals surface area contributed by atoms with Crippen LogP contribution in [0.1, 0.15) is 27.2 Å². The molecule has 0 fully saturated rings. The molecule has 29 heavy (non-hydrogen) atoms. The molecule has 7 heteroatoms. The van der Waals surface area contributed by atoms with E-state index in [0.717, 1.165) is 18.1 Å². The van der Waals surface area contributed by atoms with Crippen LogP contribution in [0, 0.1) is 0 Å². The quantitative estimate of drug-likeness (QED) is 0.673. The number of pyridine rings is 1. The number of rotatable bonds is 3. The Balaban J connectivity index is 1.55. The molecule has 3 aromatic rings. The molecule has 0 radical (unpaired) electrons. The Morgan fingerprint density at radius 2 is 1.72 bits per heavy atom. The number of hydrogen-bond donors (Lipinski definition) is 1. The van der Waals surface area contributed by atoms with Crippen LogP contribution in [0.4, 0.5) is 24.5 Å². The van der Waals surface area contributed by atoms with Crippen molar-refractivity contribution in [1.29, 1.82) is 0 Å². The minimum Gasteiger partial charge on any atom is -0.355 e. The van der Waals surface area contributed by atoms with Crippen LogP contribution in [0.2, 0.25) is 0 Å². The van der Waals surface area contributed by atoms with Gasteiger partial charge in [0, 0.05) is 25.0 Å². The molecular formula is C22H18F3N3O. The Kier molecular flexibility index (Phi) is 4.96. The van der Waals surface area contributed by atoms with E-state index in [1.54, 1.807) is 4.90 Å². The van der Waals surface area contributed by atoms with Gasteiger partial charge in [-0.2, -0.15) is 13.2 Å². The predicted octanol–water partition coefficient (Wildman–Crippen LogP) is 5.04. The smallest absolute Gasteiger partial charge is 0.355 e. The summed E-state index contributed by atoms with van der Waals surface area (Å²) in [6, 6.07) is 16.2. The molecule has 4 nitrogen and oxygen atoms in total. The number of hydrogen-bond acceptors (Lipinski definition) is 3. The van der Waals surface area contributed by atoms with E-state index in [9.17, 15) is 18.0 Å². The zero-order valence-electron chi connectivity index (χ0n) is 15.4. The second-order valence-corrected chi connectivity index (χ2v) is 6.84. The van der Waals surface area contributed by atoms with Crippen LogP contribution >= 0.6 is 0 Å². The number of nitrogens with one attached hydrogen (secondary N) is 1. The fourth-order valence-electron chi connectivity index (χ4n) is 3.45. The normalized spacial score (nSPS) is 13.7. The number of para-hydroxylation sites is 1. The van der Waals surface area contributed by atoms with Gasteiger partial charge in [-0.05, 0) is 41.8 Å². The summed E-state index contributed by atoms with van der Waals surface area (Å²) in [6.45, 7) is 1.07.